The first kappa shape index (κ1) is 32.1. The first-order chi connectivity index (χ1) is 19.4. The summed E-state index contributed by atoms with van der Waals surface area (Å²) in [7, 11) is 0. The van der Waals surface area contributed by atoms with E-state index in [4.69, 9.17) is 0 Å². The number of amides is 3. The molecule has 3 rings (SSSR count). The van der Waals surface area contributed by atoms with Crippen molar-refractivity contribution >= 4 is 17.7 Å². The van der Waals surface area contributed by atoms with Gasteiger partial charge in [0.05, 0.1) is 11.5 Å². The van der Waals surface area contributed by atoms with Crippen LogP contribution < -0.4 is 10.8 Å². The summed E-state index contributed by atoms with van der Waals surface area (Å²) in [5.74, 6) is -2.46. The zero-order valence-corrected chi connectivity index (χ0v) is 23.8. The molecule has 224 valence electrons. The average molecular weight is 576 g/mol. The van der Waals surface area contributed by atoms with Crippen LogP contribution in [0.4, 0.5) is 13.2 Å². The quantitative estimate of drug-likeness (QED) is 0.228. The molecule has 0 spiro atoms. The van der Waals surface area contributed by atoms with Gasteiger partial charge in [0.2, 0.25) is 17.7 Å². The number of hydroxylamine groups is 1. The average Bonchev–Trinajstić information content (AvgIpc) is 3.10. The van der Waals surface area contributed by atoms with Gasteiger partial charge in [-0.15, -0.1) is 0 Å². The standard InChI is InChI=1S/C31H40F3N3O4/c1-4-8-25(29(39)36-41)26(17-20(2)3)28(38)35-27-11-5-6-16-37(30(27)40)19-21-9-7-10-23(18-21)22-12-14-24(15-13-22)31(32,33)34/h7,9-10,12-15,18,20,25-27,41H,4-6,8,11,16-17,19H2,1-3H3,(H,35,38)(H,36,39)/t25-,26-,27-/m0/s1. The minimum Gasteiger partial charge on any atom is -0.344 e. The molecule has 2 aromatic carbocycles. The first-order valence-electron chi connectivity index (χ1n) is 14.2. The highest BCUT2D eigenvalue weighted by Crippen LogP contribution is 2.31. The Bertz CT molecular complexity index is 1180. The lowest BCUT2D eigenvalue weighted by Crippen LogP contribution is -2.51. The van der Waals surface area contributed by atoms with Crippen molar-refractivity contribution in [2.75, 3.05) is 6.54 Å². The van der Waals surface area contributed by atoms with Gasteiger partial charge in [-0.1, -0.05) is 57.5 Å². The van der Waals surface area contributed by atoms with E-state index in [9.17, 15) is 32.8 Å². The molecule has 0 unspecified atom stereocenters. The van der Waals surface area contributed by atoms with Crippen LogP contribution in [0.15, 0.2) is 48.5 Å². The maximum absolute atomic E-state index is 13.6. The number of hydrogen-bond acceptors (Lipinski definition) is 4. The molecule has 1 fully saturated rings. The molecular formula is C31H40F3N3O4. The van der Waals surface area contributed by atoms with E-state index >= 15 is 0 Å². The van der Waals surface area contributed by atoms with Crippen LogP contribution in [0.2, 0.25) is 0 Å². The third kappa shape index (κ3) is 8.79. The Kier molecular flexibility index (Phi) is 11.3. The van der Waals surface area contributed by atoms with E-state index in [0.717, 1.165) is 36.1 Å². The second-order valence-corrected chi connectivity index (χ2v) is 11.2. The molecule has 1 aliphatic heterocycles. The Morgan fingerprint density at radius 2 is 1.73 bits per heavy atom. The maximum Gasteiger partial charge on any atom is 0.416 e. The molecule has 41 heavy (non-hydrogen) atoms. The molecule has 3 atom stereocenters. The summed E-state index contributed by atoms with van der Waals surface area (Å²) in [6.45, 7) is 6.62. The van der Waals surface area contributed by atoms with Crippen molar-refractivity contribution in [1.29, 1.82) is 0 Å². The van der Waals surface area contributed by atoms with Gasteiger partial charge in [-0.25, -0.2) is 5.48 Å². The van der Waals surface area contributed by atoms with Crippen LogP contribution in [0.5, 0.6) is 0 Å². The molecule has 3 amide bonds. The molecule has 1 heterocycles. The fourth-order valence-corrected chi connectivity index (χ4v) is 5.47. The third-order valence-electron chi connectivity index (χ3n) is 7.54. The molecule has 0 aromatic heterocycles. The van der Waals surface area contributed by atoms with E-state index < -0.39 is 35.5 Å². The lowest BCUT2D eigenvalue weighted by atomic mass is 9.81. The van der Waals surface area contributed by atoms with Crippen LogP contribution in [0.3, 0.4) is 0 Å². The maximum atomic E-state index is 13.6. The van der Waals surface area contributed by atoms with Gasteiger partial charge in [-0.2, -0.15) is 13.2 Å². The number of carbonyl (C=O) groups excluding carboxylic acids is 3. The molecular weight excluding hydrogens is 535 g/mol. The Hall–Kier alpha value is -3.40. The molecule has 1 aliphatic rings. The largest absolute Gasteiger partial charge is 0.416 e. The minimum absolute atomic E-state index is 0.120. The van der Waals surface area contributed by atoms with E-state index in [1.165, 1.54) is 12.1 Å². The minimum atomic E-state index is -4.41. The normalized spacial score (nSPS) is 17.6. The molecule has 1 saturated heterocycles. The first-order valence-corrected chi connectivity index (χ1v) is 14.2. The second-order valence-electron chi connectivity index (χ2n) is 11.2. The zero-order chi connectivity index (χ0) is 30.2. The Morgan fingerprint density at radius 3 is 2.34 bits per heavy atom. The summed E-state index contributed by atoms with van der Waals surface area (Å²) >= 11 is 0. The fourth-order valence-electron chi connectivity index (χ4n) is 5.47. The van der Waals surface area contributed by atoms with Gasteiger partial charge >= 0.3 is 6.18 Å². The number of carbonyl (C=O) groups is 3. The molecule has 7 nitrogen and oxygen atoms in total. The van der Waals surface area contributed by atoms with Crippen molar-refractivity contribution in [2.24, 2.45) is 17.8 Å². The zero-order valence-electron chi connectivity index (χ0n) is 23.8. The summed E-state index contributed by atoms with van der Waals surface area (Å²) in [4.78, 5) is 41.2. The summed E-state index contributed by atoms with van der Waals surface area (Å²) in [6.07, 6.45) is -0.910. The number of hydrogen-bond donors (Lipinski definition) is 3. The third-order valence-corrected chi connectivity index (χ3v) is 7.54. The number of nitrogens with zero attached hydrogens (tertiary/aromatic N) is 1. The van der Waals surface area contributed by atoms with Gasteiger partial charge in [0, 0.05) is 19.0 Å². The highest BCUT2D eigenvalue weighted by molar-refractivity contribution is 5.91. The number of halogens is 3. The van der Waals surface area contributed by atoms with Crippen molar-refractivity contribution in [1.82, 2.24) is 15.7 Å². The van der Waals surface area contributed by atoms with Crippen molar-refractivity contribution in [3.8, 4) is 11.1 Å². The second kappa shape index (κ2) is 14.5. The van der Waals surface area contributed by atoms with Gasteiger partial charge in [0.1, 0.15) is 6.04 Å². The predicted molar refractivity (Wildman–Crippen MR) is 149 cm³/mol. The molecule has 0 saturated carbocycles. The van der Waals surface area contributed by atoms with E-state index in [1.54, 1.807) is 16.4 Å². The molecule has 3 N–H and O–H groups in total. The van der Waals surface area contributed by atoms with Gasteiger partial charge < -0.3 is 10.2 Å². The van der Waals surface area contributed by atoms with Gasteiger partial charge in [-0.3, -0.25) is 19.6 Å². The number of rotatable bonds is 11. The Morgan fingerprint density at radius 1 is 1.02 bits per heavy atom. The molecule has 2 aromatic rings. The molecule has 0 bridgehead atoms. The number of likely N-dealkylation sites (tertiary alicyclic amines) is 1. The number of alkyl halides is 3. The summed E-state index contributed by atoms with van der Waals surface area (Å²) in [5.41, 5.74) is 3.18. The Labute approximate surface area is 239 Å². The van der Waals surface area contributed by atoms with Gasteiger partial charge in [0.25, 0.3) is 0 Å². The predicted octanol–water partition coefficient (Wildman–Crippen LogP) is 5.95. The summed E-state index contributed by atoms with van der Waals surface area (Å²) < 4.78 is 38.9. The monoisotopic (exact) mass is 575 g/mol. The smallest absolute Gasteiger partial charge is 0.344 e. The summed E-state index contributed by atoms with van der Waals surface area (Å²) in [6, 6.07) is 11.6. The van der Waals surface area contributed by atoms with Crippen LogP contribution >= 0.6 is 0 Å². The van der Waals surface area contributed by atoms with Gasteiger partial charge in [0.15, 0.2) is 0 Å². The van der Waals surface area contributed by atoms with Crippen LogP contribution in [0, 0.1) is 17.8 Å². The van der Waals surface area contributed by atoms with E-state index in [1.807, 2.05) is 39.0 Å². The van der Waals surface area contributed by atoms with Gasteiger partial charge in [-0.05, 0) is 72.9 Å². The van der Waals surface area contributed by atoms with Crippen molar-refractivity contribution < 1.29 is 32.8 Å². The lowest BCUT2D eigenvalue weighted by molar-refractivity contribution is -0.143. The van der Waals surface area contributed by atoms with E-state index in [0.29, 0.717) is 44.3 Å². The molecule has 0 aliphatic carbocycles. The molecule has 10 heteroatoms. The SMILES string of the molecule is CCC[C@H](C(=O)NO)[C@H](CC(C)C)C(=O)N[C@H]1CCCCN(Cc2cccc(-c3ccc(C(F)(F)F)cc3)c2)C1=O. The highest BCUT2D eigenvalue weighted by atomic mass is 19.4. The number of benzene rings is 2. The van der Waals surface area contributed by atoms with Crippen LogP contribution in [-0.2, 0) is 27.1 Å². The van der Waals surface area contributed by atoms with E-state index in [-0.39, 0.29) is 17.7 Å². The van der Waals surface area contributed by atoms with Crippen molar-refractivity contribution in [2.45, 2.75) is 78.1 Å². The number of nitrogens with one attached hydrogen (secondary N) is 2. The van der Waals surface area contributed by atoms with Crippen LogP contribution in [0.1, 0.15) is 70.4 Å². The lowest BCUT2D eigenvalue weighted by Gasteiger charge is -2.29. The Balaban J connectivity index is 1.76. The topological polar surface area (TPSA) is 98.7 Å². The highest BCUT2D eigenvalue weighted by Gasteiger charge is 2.36. The van der Waals surface area contributed by atoms with Crippen LogP contribution in [-0.4, -0.2) is 40.4 Å². The van der Waals surface area contributed by atoms with Crippen molar-refractivity contribution in [3.05, 3.63) is 59.7 Å². The summed E-state index contributed by atoms with van der Waals surface area (Å²) in [5, 5.41) is 12.2. The van der Waals surface area contributed by atoms with Crippen LogP contribution in [0.25, 0.3) is 11.1 Å². The van der Waals surface area contributed by atoms with Crippen molar-refractivity contribution in [3.63, 3.8) is 0 Å². The fraction of sp³-hybridized carbons (Fsp3) is 0.516. The van der Waals surface area contributed by atoms with E-state index in [2.05, 4.69) is 5.32 Å². The molecule has 0 radical (unpaired) electrons.